The normalized spacial score (nSPS) is 18.1. The molecular formula is C20H23N5O4S. The van der Waals surface area contributed by atoms with E-state index in [9.17, 15) is 13.5 Å². The zero-order chi connectivity index (χ0) is 20.9. The standard InChI is InChI=1S/C20H23N5O4S/c1-2-9-30(27,28)24-8-6-13(11-24)25-18-15-5-7-21-19(15)22-10-16(18)23-20(25)17-4-3-14(12-26)29-17/h3-5,7,10,13,26H,2,6,8-9,11-12H2,1H3,(H,21,22). The highest BCUT2D eigenvalue weighted by Gasteiger charge is 2.34. The molecule has 5 heterocycles. The van der Waals surface area contributed by atoms with Crippen molar-refractivity contribution < 1.29 is 17.9 Å². The molecule has 9 nitrogen and oxygen atoms in total. The highest BCUT2D eigenvalue weighted by atomic mass is 32.2. The van der Waals surface area contributed by atoms with Crippen molar-refractivity contribution in [2.24, 2.45) is 0 Å². The third-order valence-corrected chi connectivity index (χ3v) is 7.66. The number of H-pyrrole nitrogens is 1. The van der Waals surface area contributed by atoms with Gasteiger partial charge in [-0.2, -0.15) is 4.31 Å². The summed E-state index contributed by atoms with van der Waals surface area (Å²) in [6, 6.07) is 5.37. The molecule has 0 aromatic carbocycles. The molecule has 0 radical (unpaired) electrons. The van der Waals surface area contributed by atoms with Gasteiger partial charge in [0.1, 0.15) is 23.5 Å². The Kier molecular flexibility index (Phi) is 4.64. The molecule has 0 spiro atoms. The first-order valence-electron chi connectivity index (χ1n) is 10.0. The predicted octanol–water partition coefficient (Wildman–Crippen LogP) is 2.65. The van der Waals surface area contributed by atoms with Gasteiger partial charge >= 0.3 is 0 Å². The zero-order valence-electron chi connectivity index (χ0n) is 16.6. The third kappa shape index (κ3) is 3.03. The topological polar surface area (TPSA) is 117 Å². The van der Waals surface area contributed by atoms with E-state index in [1.54, 1.807) is 22.6 Å². The Morgan fingerprint density at radius 1 is 1.33 bits per heavy atom. The lowest BCUT2D eigenvalue weighted by Crippen LogP contribution is -2.31. The van der Waals surface area contributed by atoms with Gasteiger partial charge in [0.15, 0.2) is 11.6 Å². The predicted molar refractivity (Wildman–Crippen MR) is 112 cm³/mol. The number of imidazole rings is 1. The SMILES string of the molecule is CCCS(=O)(=O)N1CCC(n2c(-c3ccc(CO)o3)nc3cnc4[nH]ccc4c32)C1. The zero-order valence-corrected chi connectivity index (χ0v) is 17.4. The summed E-state index contributed by atoms with van der Waals surface area (Å²) < 4.78 is 34.7. The monoisotopic (exact) mass is 429 g/mol. The van der Waals surface area contributed by atoms with Gasteiger partial charge < -0.3 is 19.1 Å². The summed E-state index contributed by atoms with van der Waals surface area (Å²) in [5.74, 6) is 1.75. The van der Waals surface area contributed by atoms with Gasteiger partial charge in [0.25, 0.3) is 0 Å². The Bertz CT molecular complexity index is 1320. The molecule has 0 aliphatic carbocycles. The number of aromatic amines is 1. The maximum Gasteiger partial charge on any atom is 0.214 e. The van der Waals surface area contributed by atoms with Crippen molar-refractivity contribution in [1.29, 1.82) is 0 Å². The number of aliphatic hydroxyl groups excluding tert-OH is 1. The molecule has 0 amide bonds. The number of aliphatic hydroxyl groups is 1. The van der Waals surface area contributed by atoms with Crippen molar-refractivity contribution in [3.05, 3.63) is 36.4 Å². The second-order valence-electron chi connectivity index (χ2n) is 7.58. The van der Waals surface area contributed by atoms with E-state index in [1.165, 1.54) is 0 Å². The number of aromatic nitrogens is 4. The lowest BCUT2D eigenvalue weighted by atomic mass is 10.2. The molecule has 0 bridgehead atoms. The Morgan fingerprint density at radius 2 is 2.20 bits per heavy atom. The highest BCUT2D eigenvalue weighted by molar-refractivity contribution is 7.89. The number of fused-ring (bicyclic) bond motifs is 3. The fraction of sp³-hybridized carbons (Fsp3) is 0.400. The van der Waals surface area contributed by atoms with Gasteiger partial charge in [-0.1, -0.05) is 6.92 Å². The Labute approximate surface area is 173 Å². The van der Waals surface area contributed by atoms with E-state index in [0.717, 1.165) is 16.6 Å². The molecule has 4 aromatic rings. The molecule has 30 heavy (non-hydrogen) atoms. The summed E-state index contributed by atoms with van der Waals surface area (Å²) in [6.45, 7) is 2.55. The van der Waals surface area contributed by atoms with Gasteiger partial charge in [0.2, 0.25) is 10.0 Å². The molecule has 1 aliphatic heterocycles. The van der Waals surface area contributed by atoms with Gasteiger partial charge in [-0.25, -0.2) is 18.4 Å². The minimum Gasteiger partial charge on any atom is -0.455 e. The summed E-state index contributed by atoms with van der Waals surface area (Å²) in [6.07, 6.45) is 4.82. The molecule has 4 aromatic heterocycles. The largest absolute Gasteiger partial charge is 0.455 e. The quantitative estimate of drug-likeness (QED) is 0.487. The number of nitrogens with zero attached hydrogens (tertiary/aromatic N) is 4. The van der Waals surface area contributed by atoms with Crippen LogP contribution in [0.25, 0.3) is 33.7 Å². The van der Waals surface area contributed by atoms with Gasteiger partial charge in [-0.15, -0.1) is 0 Å². The second kappa shape index (κ2) is 7.22. The van der Waals surface area contributed by atoms with E-state index in [0.29, 0.717) is 48.8 Å². The molecule has 1 aliphatic rings. The van der Waals surface area contributed by atoms with E-state index in [2.05, 4.69) is 14.5 Å². The van der Waals surface area contributed by atoms with Crippen LogP contribution in [0.4, 0.5) is 0 Å². The fourth-order valence-electron chi connectivity index (χ4n) is 4.27. The number of hydrogen-bond donors (Lipinski definition) is 2. The van der Waals surface area contributed by atoms with Crippen LogP contribution in [-0.2, 0) is 16.6 Å². The molecule has 1 atom stereocenters. The van der Waals surface area contributed by atoms with E-state index in [-0.39, 0.29) is 18.4 Å². The average molecular weight is 430 g/mol. The third-order valence-electron chi connectivity index (χ3n) is 5.62. The fourth-order valence-corrected chi connectivity index (χ4v) is 5.82. The summed E-state index contributed by atoms with van der Waals surface area (Å²) in [5.41, 5.74) is 2.37. The Balaban J connectivity index is 1.67. The number of sulfonamides is 1. The van der Waals surface area contributed by atoms with Crippen LogP contribution in [-0.4, -0.2) is 56.2 Å². The molecular weight excluding hydrogens is 406 g/mol. The Hall–Kier alpha value is -2.69. The number of hydrogen-bond acceptors (Lipinski definition) is 6. The van der Waals surface area contributed by atoms with Crippen LogP contribution in [0.3, 0.4) is 0 Å². The molecule has 5 rings (SSSR count). The van der Waals surface area contributed by atoms with Gasteiger partial charge in [0.05, 0.1) is 23.5 Å². The molecule has 1 unspecified atom stereocenters. The number of pyridine rings is 1. The maximum absolute atomic E-state index is 12.6. The maximum atomic E-state index is 12.6. The van der Waals surface area contributed by atoms with E-state index in [1.807, 2.05) is 19.2 Å². The van der Waals surface area contributed by atoms with Crippen molar-refractivity contribution in [1.82, 2.24) is 23.8 Å². The lowest BCUT2D eigenvalue weighted by Gasteiger charge is -2.18. The number of rotatable bonds is 6. The minimum atomic E-state index is -3.27. The number of furan rings is 1. The van der Waals surface area contributed by atoms with Crippen molar-refractivity contribution in [3.8, 4) is 11.6 Å². The summed E-state index contributed by atoms with van der Waals surface area (Å²) in [4.78, 5) is 12.3. The van der Waals surface area contributed by atoms with Crippen LogP contribution in [0, 0.1) is 0 Å². The average Bonchev–Trinajstić information content (AvgIpc) is 3.51. The molecule has 0 saturated carbocycles. The minimum absolute atomic E-state index is 0.0835. The van der Waals surface area contributed by atoms with Crippen LogP contribution in [0.15, 0.2) is 35.0 Å². The molecule has 10 heteroatoms. The van der Waals surface area contributed by atoms with Crippen molar-refractivity contribution in [3.63, 3.8) is 0 Å². The van der Waals surface area contributed by atoms with E-state index in [4.69, 9.17) is 9.40 Å². The summed E-state index contributed by atoms with van der Waals surface area (Å²) >= 11 is 0. The highest BCUT2D eigenvalue weighted by Crippen LogP contribution is 2.36. The molecule has 158 valence electrons. The van der Waals surface area contributed by atoms with Crippen molar-refractivity contribution in [2.45, 2.75) is 32.4 Å². The first-order valence-corrected chi connectivity index (χ1v) is 11.6. The second-order valence-corrected chi connectivity index (χ2v) is 9.67. The Morgan fingerprint density at radius 3 is 2.97 bits per heavy atom. The van der Waals surface area contributed by atoms with Crippen molar-refractivity contribution in [2.75, 3.05) is 18.8 Å². The van der Waals surface area contributed by atoms with Crippen molar-refractivity contribution >= 4 is 32.1 Å². The summed E-state index contributed by atoms with van der Waals surface area (Å²) in [7, 11) is -3.27. The van der Waals surface area contributed by atoms with E-state index < -0.39 is 10.0 Å². The van der Waals surface area contributed by atoms with Gasteiger partial charge in [0, 0.05) is 24.7 Å². The van der Waals surface area contributed by atoms with Crippen LogP contribution in [0.1, 0.15) is 31.6 Å². The number of nitrogens with one attached hydrogen (secondary N) is 1. The molecule has 1 saturated heterocycles. The van der Waals surface area contributed by atoms with Crippen LogP contribution < -0.4 is 0 Å². The van der Waals surface area contributed by atoms with E-state index >= 15 is 0 Å². The molecule has 2 N–H and O–H groups in total. The van der Waals surface area contributed by atoms with Gasteiger partial charge in [-0.3, -0.25) is 0 Å². The summed E-state index contributed by atoms with van der Waals surface area (Å²) in [5, 5.41) is 10.3. The van der Waals surface area contributed by atoms with Crippen LogP contribution in [0.5, 0.6) is 0 Å². The van der Waals surface area contributed by atoms with Gasteiger partial charge in [-0.05, 0) is 31.0 Å². The first-order chi connectivity index (χ1) is 14.5. The van der Waals surface area contributed by atoms with Crippen LogP contribution in [0.2, 0.25) is 0 Å². The lowest BCUT2D eigenvalue weighted by molar-refractivity contribution is 0.248. The smallest absolute Gasteiger partial charge is 0.214 e. The first kappa shape index (κ1) is 19.3. The molecule has 1 fully saturated rings. The van der Waals surface area contributed by atoms with Crippen LogP contribution >= 0.6 is 0 Å².